The van der Waals surface area contributed by atoms with Crippen LogP contribution in [0.1, 0.15) is 63.5 Å². The van der Waals surface area contributed by atoms with Gasteiger partial charge >= 0.3 is 0 Å². The molecule has 1 aliphatic heterocycles. The number of carbonyl (C=O) groups excluding carboxylic acids is 2. The summed E-state index contributed by atoms with van der Waals surface area (Å²) in [5.41, 5.74) is 6.44. The predicted molar refractivity (Wildman–Crippen MR) is 104 cm³/mol. The largest absolute Gasteiger partial charge is 0.374 e. The normalized spacial score (nSPS) is 13.5. The highest BCUT2D eigenvalue weighted by Crippen LogP contribution is 2.27. The van der Waals surface area contributed by atoms with Crippen LogP contribution in [0.2, 0.25) is 0 Å². The summed E-state index contributed by atoms with van der Waals surface area (Å²) in [5.74, 6) is -0.166. The number of carbonyl (C=O) groups is 2. The molecule has 0 unspecified atom stereocenters. The molecule has 0 saturated heterocycles. The molecule has 0 radical (unpaired) electrons. The molecule has 1 amide bonds. The average Bonchev–Trinajstić information content (AvgIpc) is 2.96. The summed E-state index contributed by atoms with van der Waals surface area (Å²) < 4.78 is 0. The number of amides is 1. The van der Waals surface area contributed by atoms with Crippen LogP contribution in [0, 0.1) is 6.92 Å². The maximum Gasteiger partial charge on any atom is 0.268 e. The van der Waals surface area contributed by atoms with Crippen LogP contribution in [0.5, 0.6) is 0 Å². The van der Waals surface area contributed by atoms with Crippen molar-refractivity contribution in [1.29, 1.82) is 0 Å². The van der Waals surface area contributed by atoms with E-state index in [1.807, 2.05) is 13.8 Å². The molecule has 0 aliphatic carbocycles. The molecule has 2 heterocycles. The molecule has 0 saturated carbocycles. The Hall–Kier alpha value is -2.56. The van der Waals surface area contributed by atoms with Crippen molar-refractivity contribution in [3.63, 3.8) is 0 Å². The molecule has 1 aromatic carbocycles. The Morgan fingerprint density at radius 1 is 1.31 bits per heavy atom. The number of H-pyrrole nitrogens is 1. The minimum absolute atomic E-state index is 0.00606. The molecule has 26 heavy (non-hydrogen) atoms. The average molecular weight is 353 g/mol. The van der Waals surface area contributed by atoms with Crippen molar-refractivity contribution in [2.75, 3.05) is 18.5 Å². The highest BCUT2D eigenvalue weighted by atomic mass is 16.2. The molecule has 0 spiro atoms. The van der Waals surface area contributed by atoms with Crippen LogP contribution in [0.3, 0.4) is 0 Å². The Bertz CT molecular complexity index is 851. The molecule has 2 aromatic rings. The van der Waals surface area contributed by atoms with Gasteiger partial charge in [-0.3, -0.25) is 9.59 Å². The number of hydrogen-bond donors (Lipinski definition) is 2. The minimum Gasteiger partial charge on any atom is -0.374 e. The lowest BCUT2D eigenvalue weighted by Crippen LogP contribution is -2.26. The Morgan fingerprint density at radius 2 is 2.08 bits per heavy atom. The number of ketones is 1. The van der Waals surface area contributed by atoms with Crippen LogP contribution in [0.15, 0.2) is 18.2 Å². The first-order valence-electron chi connectivity index (χ1n) is 9.25. The second-order valence-electron chi connectivity index (χ2n) is 7.06. The van der Waals surface area contributed by atoms with E-state index in [0.717, 1.165) is 36.2 Å². The Balaban J connectivity index is 1.76. The van der Waals surface area contributed by atoms with Gasteiger partial charge in [-0.2, -0.15) is 0 Å². The summed E-state index contributed by atoms with van der Waals surface area (Å²) in [6.07, 6.45) is 2.89. The smallest absolute Gasteiger partial charge is 0.268 e. The summed E-state index contributed by atoms with van der Waals surface area (Å²) in [6.45, 7) is 6.92. The topological polar surface area (TPSA) is 65.2 Å². The van der Waals surface area contributed by atoms with Gasteiger partial charge in [-0.1, -0.05) is 19.1 Å². The van der Waals surface area contributed by atoms with Gasteiger partial charge in [-0.15, -0.1) is 0 Å². The van der Waals surface area contributed by atoms with E-state index in [1.165, 1.54) is 11.3 Å². The fraction of sp³-hybridized carbons (Fsp3) is 0.429. The van der Waals surface area contributed by atoms with Gasteiger partial charge in [0.15, 0.2) is 5.78 Å². The zero-order valence-corrected chi connectivity index (χ0v) is 16.0. The van der Waals surface area contributed by atoms with Crippen molar-refractivity contribution >= 4 is 17.4 Å². The van der Waals surface area contributed by atoms with Gasteiger partial charge in [0.05, 0.1) is 0 Å². The van der Waals surface area contributed by atoms with Crippen molar-refractivity contribution in [2.45, 2.75) is 46.6 Å². The first-order chi connectivity index (χ1) is 12.4. The number of Topliss-reactive ketones (excluding diaryl/α,β-unsaturated/α-hetero) is 1. The van der Waals surface area contributed by atoms with Crippen molar-refractivity contribution in [3.05, 3.63) is 51.8 Å². The number of aromatic nitrogens is 1. The van der Waals surface area contributed by atoms with Gasteiger partial charge in [0.2, 0.25) is 0 Å². The lowest BCUT2D eigenvalue weighted by atomic mass is 9.99. The van der Waals surface area contributed by atoms with E-state index >= 15 is 0 Å². The molecule has 3 rings (SSSR count). The monoisotopic (exact) mass is 353 g/mol. The van der Waals surface area contributed by atoms with Crippen LogP contribution in [0.4, 0.5) is 5.69 Å². The Morgan fingerprint density at radius 3 is 2.77 bits per heavy atom. The highest BCUT2D eigenvalue weighted by Gasteiger charge is 2.21. The zero-order chi connectivity index (χ0) is 18.8. The number of benzene rings is 1. The van der Waals surface area contributed by atoms with E-state index in [9.17, 15) is 9.59 Å². The minimum atomic E-state index is -0.160. The Labute approximate surface area is 154 Å². The first kappa shape index (κ1) is 18.2. The van der Waals surface area contributed by atoms with Crippen LogP contribution in [0.25, 0.3) is 0 Å². The molecule has 0 bridgehead atoms. The van der Waals surface area contributed by atoms with Crippen LogP contribution in [-0.4, -0.2) is 30.3 Å². The highest BCUT2D eigenvalue weighted by molar-refractivity contribution is 6.02. The fourth-order valence-corrected chi connectivity index (χ4v) is 3.92. The fourth-order valence-electron chi connectivity index (χ4n) is 3.92. The van der Waals surface area contributed by atoms with E-state index in [0.29, 0.717) is 24.2 Å². The molecule has 5 nitrogen and oxygen atoms in total. The third-order valence-electron chi connectivity index (χ3n) is 5.17. The van der Waals surface area contributed by atoms with E-state index < -0.39 is 0 Å². The van der Waals surface area contributed by atoms with E-state index in [4.69, 9.17) is 0 Å². The number of anilines is 1. The van der Waals surface area contributed by atoms with Gasteiger partial charge < -0.3 is 15.2 Å². The number of aryl methyl sites for hydroxylation is 2. The second-order valence-corrected chi connectivity index (χ2v) is 7.06. The maximum atomic E-state index is 12.7. The van der Waals surface area contributed by atoms with Gasteiger partial charge in [0.25, 0.3) is 5.91 Å². The number of nitrogens with one attached hydrogen (secondary N) is 2. The molecule has 1 aromatic heterocycles. The molecule has 138 valence electrons. The van der Waals surface area contributed by atoms with E-state index in [2.05, 4.69) is 40.4 Å². The van der Waals surface area contributed by atoms with Gasteiger partial charge in [-0.25, -0.2) is 0 Å². The van der Waals surface area contributed by atoms with E-state index in [1.54, 1.807) is 6.92 Å². The maximum absolute atomic E-state index is 12.7. The molecule has 0 fully saturated rings. The summed E-state index contributed by atoms with van der Waals surface area (Å²) in [6, 6.07) is 6.40. The summed E-state index contributed by atoms with van der Waals surface area (Å²) >= 11 is 0. The molecule has 2 N–H and O–H groups in total. The van der Waals surface area contributed by atoms with Crippen molar-refractivity contribution in [3.8, 4) is 0 Å². The lowest BCUT2D eigenvalue weighted by Gasteiger charge is -2.27. The molecule has 0 atom stereocenters. The van der Waals surface area contributed by atoms with E-state index in [-0.39, 0.29) is 11.7 Å². The van der Waals surface area contributed by atoms with Crippen LogP contribution < -0.4 is 10.2 Å². The molecular formula is C21H27N3O2. The van der Waals surface area contributed by atoms with Gasteiger partial charge in [0, 0.05) is 37.1 Å². The van der Waals surface area contributed by atoms with Crippen LogP contribution >= 0.6 is 0 Å². The number of fused-ring (bicyclic) bond motifs is 1. The van der Waals surface area contributed by atoms with Crippen molar-refractivity contribution < 1.29 is 9.59 Å². The lowest BCUT2D eigenvalue weighted by molar-refractivity contribution is 0.0945. The molecular weight excluding hydrogens is 326 g/mol. The summed E-state index contributed by atoms with van der Waals surface area (Å²) in [7, 11) is 2.12. The molecule has 5 heteroatoms. The standard InChI is InChI=1S/C21H27N3O2/c1-5-17-19(14(3)25)13(2)23-20(17)21(26)22-12-15-8-9-18-16(11-15)7-6-10-24(18)4/h8-9,11,23H,5-7,10,12H2,1-4H3,(H,22,26). The first-order valence-corrected chi connectivity index (χ1v) is 9.25. The second kappa shape index (κ2) is 7.36. The van der Waals surface area contributed by atoms with Crippen molar-refractivity contribution in [2.24, 2.45) is 0 Å². The summed E-state index contributed by atoms with van der Waals surface area (Å²) in [4.78, 5) is 29.9. The third-order valence-corrected chi connectivity index (χ3v) is 5.17. The van der Waals surface area contributed by atoms with Gasteiger partial charge in [-0.05, 0) is 55.9 Å². The SMILES string of the molecule is CCc1c(C(=O)NCc2ccc3c(c2)CCCN3C)[nH]c(C)c1C(C)=O. The van der Waals surface area contributed by atoms with Gasteiger partial charge in [0.1, 0.15) is 5.69 Å². The number of aromatic amines is 1. The number of nitrogens with zero attached hydrogens (tertiary/aromatic N) is 1. The zero-order valence-electron chi connectivity index (χ0n) is 16.0. The van der Waals surface area contributed by atoms with Crippen LogP contribution in [-0.2, 0) is 19.4 Å². The number of rotatable bonds is 5. The molecule has 1 aliphatic rings. The predicted octanol–water partition coefficient (Wildman–Crippen LogP) is 3.40. The quantitative estimate of drug-likeness (QED) is 0.810. The summed E-state index contributed by atoms with van der Waals surface area (Å²) in [5, 5.41) is 2.99. The number of hydrogen-bond acceptors (Lipinski definition) is 3. The third kappa shape index (κ3) is 3.39. The Kier molecular flexibility index (Phi) is 5.16. The van der Waals surface area contributed by atoms with Crippen molar-refractivity contribution in [1.82, 2.24) is 10.3 Å².